The average Bonchev–Trinajstić information content (AvgIpc) is 3.18. The van der Waals surface area contributed by atoms with Crippen LogP contribution in [-0.2, 0) is 44.1 Å². The smallest absolute Gasteiger partial charge is 0.355 e. The van der Waals surface area contributed by atoms with Crippen LogP contribution in [-0.4, -0.2) is 69.3 Å². The molecule has 42 heavy (non-hydrogen) atoms. The summed E-state index contributed by atoms with van der Waals surface area (Å²) in [6.07, 6.45) is 4.57. The first-order valence-electron chi connectivity index (χ1n) is 14.7. The van der Waals surface area contributed by atoms with Gasteiger partial charge in [0.1, 0.15) is 0 Å². The van der Waals surface area contributed by atoms with E-state index >= 15 is 0 Å². The lowest BCUT2D eigenvalue weighted by Crippen LogP contribution is -2.59. The standard InChI is InChI=1S/C26H45NO12S3/c1-16(4-7-23(28)27-12-13-40(29,30)31)19-5-6-20-24-21(9-11-26(19,20)3)25(2)10-8-18(38-41(32,33)34)14-17(25)15-22(24)39-42(35,36)37/h16-22,24H,4-15H2,1-3H3,(H,27,28)(H,29,30,31)(H,32,33,34)(H,35,36,37)/t16-,17+,18-,19-,20+,21+,22-,24+,25+,26-/m1/s1. The van der Waals surface area contributed by atoms with Gasteiger partial charge >= 0.3 is 20.8 Å². The van der Waals surface area contributed by atoms with Gasteiger partial charge in [0.25, 0.3) is 10.1 Å². The molecule has 4 saturated carbocycles. The predicted octanol–water partition coefficient (Wildman–Crippen LogP) is 3.05. The van der Waals surface area contributed by atoms with Gasteiger partial charge in [-0.25, -0.2) is 8.37 Å². The van der Waals surface area contributed by atoms with Gasteiger partial charge in [-0.15, -0.1) is 0 Å². The number of nitrogens with one attached hydrogen (secondary N) is 1. The van der Waals surface area contributed by atoms with Crippen LogP contribution in [0.15, 0.2) is 0 Å². The number of hydrogen-bond donors (Lipinski definition) is 4. The lowest BCUT2D eigenvalue weighted by atomic mass is 9.43. The summed E-state index contributed by atoms with van der Waals surface area (Å²) in [5, 5.41) is 2.53. The monoisotopic (exact) mass is 659 g/mol. The van der Waals surface area contributed by atoms with Gasteiger partial charge in [0.15, 0.2) is 0 Å². The molecule has 1 amide bonds. The first-order chi connectivity index (χ1) is 19.2. The summed E-state index contributed by atoms with van der Waals surface area (Å²) in [7, 11) is -13.5. The molecule has 244 valence electrons. The summed E-state index contributed by atoms with van der Waals surface area (Å²) >= 11 is 0. The summed E-state index contributed by atoms with van der Waals surface area (Å²) in [6.45, 7) is 6.37. The van der Waals surface area contributed by atoms with Crippen molar-refractivity contribution >= 4 is 36.8 Å². The molecule has 0 unspecified atom stereocenters. The maximum atomic E-state index is 12.3. The second-order valence-corrected chi connectivity index (χ2v) is 17.3. The fourth-order valence-electron chi connectivity index (χ4n) is 9.62. The van der Waals surface area contributed by atoms with Gasteiger partial charge < -0.3 is 5.32 Å². The zero-order chi connectivity index (χ0) is 31.3. The van der Waals surface area contributed by atoms with E-state index in [9.17, 15) is 39.2 Å². The number of rotatable bonds is 11. The number of amides is 1. The molecule has 4 N–H and O–H groups in total. The Hall–Kier alpha value is -0.880. The fraction of sp³-hybridized carbons (Fsp3) is 0.962. The van der Waals surface area contributed by atoms with Gasteiger partial charge in [0, 0.05) is 13.0 Å². The van der Waals surface area contributed by atoms with Crippen LogP contribution in [0.25, 0.3) is 0 Å². The summed E-state index contributed by atoms with van der Waals surface area (Å²) < 4.78 is 107. The van der Waals surface area contributed by atoms with Crippen LogP contribution in [0.1, 0.15) is 85.0 Å². The van der Waals surface area contributed by atoms with Crippen molar-refractivity contribution in [1.29, 1.82) is 0 Å². The molecule has 16 heteroatoms. The first kappa shape index (κ1) is 34.0. The number of hydrogen-bond acceptors (Lipinski definition) is 9. The van der Waals surface area contributed by atoms with Gasteiger partial charge in [-0.1, -0.05) is 20.8 Å². The Balaban J connectivity index is 1.50. The lowest BCUT2D eigenvalue weighted by Gasteiger charge is -2.62. The maximum absolute atomic E-state index is 12.3. The van der Waals surface area contributed by atoms with Gasteiger partial charge in [0.05, 0.1) is 18.0 Å². The third-order valence-electron chi connectivity index (χ3n) is 11.4. The molecule has 0 heterocycles. The molecule has 0 aliphatic heterocycles. The third kappa shape index (κ3) is 7.66. The molecular weight excluding hydrogens is 614 g/mol. The molecule has 4 aliphatic carbocycles. The van der Waals surface area contributed by atoms with Crippen LogP contribution >= 0.6 is 0 Å². The zero-order valence-corrected chi connectivity index (χ0v) is 26.8. The zero-order valence-electron chi connectivity index (χ0n) is 24.3. The SMILES string of the molecule is C[C@H](CCC(=O)NCCS(=O)(=O)O)[C@H]1CC[C@H]2[C@@H]3[C@H](OS(=O)(=O)O)C[C@@H]4C[C@H](OS(=O)(=O)O)CC[C@]4(C)[C@H]3CC[C@]12C. The summed E-state index contributed by atoms with van der Waals surface area (Å²) in [4.78, 5) is 12.3. The van der Waals surface area contributed by atoms with Gasteiger partial charge in [-0.05, 0) is 104 Å². The van der Waals surface area contributed by atoms with Crippen molar-refractivity contribution < 1.29 is 52.1 Å². The summed E-state index contributed by atoms with van der Waals surface area (Å²) in [5.41, 5.74) is -0.356. The molecular formula is C26H45NO12S3. The maximum Gasteiger partial charge on any atom is 0.397 e. The van der Waals surface area contributed by atoms with E-state index in [1.807, 2.05) is 0 Å². The number of fused-ring (bicyclic) bond motifs is 5. The molecule has 0 aromatic heterocycles. The van der Waals surface area contributed by atoms with Gasteiger partial charge in [-0.2, -0.15) is 25.3 Å². The van der Waals surface area contributed by atoms with E-state index in [-0.39, 0.29) is 65.2 Å². The molecule has 10 atom stereocenters. The average molecular weight is 660 g/mol. The van der Waals surface area contributed by atoms with Crippen LogP contribution < -0.4 is 5.32 Å². The minimum atomic E-state index is -4.75. The molecule has 4 rings (SSSR count). The molecule has 0 saturated heterocycles. The molecule has 4 fully saturated rings. The van der Waals surface area contributed by atoms with Crippen molar-refractivity contribution in [2.45, 2.75) is 97.2 Å². The molecule has 0 radical (unpaired) electrons. The molecule has 0 aromatic rings. The van der Waals surface area contributed by atoms with Gasteiger partial charge in [-0.3, -0.25) is 18.5 Å². The normalized spacial score (nSPS) is 39.5. The van der Waals surface area contributed by atoms with E-state index in [0.29, 0.717) is 32.1 Å². The van der Waals surface area contributed by atoms with Crippen LogP contribution in [0, 0.1) is 46.3 Å². The third-order valence-corrected chi connectivity index (χ3v) is 13.1. The molecule has 0 aromatic carbocycles. The van der Waals surface area contributed by atoms with Crippen molar-refractivity contribution in [1.82, 2.24) is 5.32 Å². The number of carbonyl (C=O) groups is 1. The lowest BCUT2D eigenvalue weighted by molar-refractivity contribution is -0.166. The highest BCUT2D eigenvalue weighted by molar-refractivity contribution is 7.85. The van der Waals surface area contributed by atoms with Crippen LogP contribution in [0.2, 0.25) is 0 Å². The summed E-state index contributed by atoms with van der Waals surface area (Å²) in [5.74, 6) is -0.415. The Bertz CT molecular complexity index is 1340. The van der Waals surface area contributed by atoms with Crippen LogP contribution in [0.4, 0.5) is 0 Å². The molecule has 4 aliphatic rings. The molecule has 0 bridgehead atoms. The van der Waals surface area contributed by atoms with Crippen molar-refractivity contribution in [2.24, 2.45) is 46.3 Å². The fourth-order valence-corrected chi connectivity index (χ4v) is 11.0. The highest BCUT2D eigenvalue weighted by Crippen LogP contribution is 2.69. The Kier molecular flexibility index (Phi) is 9.83. The van der Waals surface area contributed by atoms with Crippen LogP contribution in [0.3, 0.4) is 0 Å². The van der Waals surface area contributed by atoms with Gasteiger partial charge in [0.2, 0.25) is 5.91 Å². The summed E-state index contributed by atoms with van der Waals surface area (Å²) in [6, 6.07) is 0. The first-order valence-corrected chi connectivity index (χ1v) is 19.1. The molecule has 13 nitrogen and oxygen atoms in total. The second kappa shape index (κ2) is 12.1. The Morgan fingerprint density at radius 2 is 1.50 bits per heavy atom. The highest BCUT2D eigenvalue weighted by atomic mass is 32.3. The second-order valence-electron chi connectivity index (χ2n) is 13.6. The van der Waals surface area contributed by atoms with E-state index < -0.39 is 48.9 Å². The highest BCUT2D eigenvalue weighted by Gasteiger charge is 2.64. The van der Waals surface area contributed by atoms with Crippen molar-refractivity contribution in [3.63, 3.8) is 0 Å². The largest absolute Gasteiger partial charge is 0.397 e. The van der Waals surface area contributed by atoms with E-state index in [2.05, 4.69) is 26.1 Å². The van der Waals surface area contributed by atoms with E-state index in [0.717, 1.165) is 25.7 Å². The minimum Gasteiger partial charge on any atom is -0.355 e. The number of carbonyl (C=O) groups excluding carboxylic acids is 1. The Morgan fingerprint density at radius 3 is 2.12 bits per heavy atom. The van der Waals surface area contributed by atoms with E-state index in [1.165, 1.54) is 0 Å². The van der Waals surface area contributed by atoms with Crippen molar-refractivity contribution in [2.75, 3.05) is 12.3 Å². The molecule has 0 spiro atoms. The predicted molar refractivity (Wildman–Crippen MR) is 151 cm³/mol. The van der Waals surface area contributed by atoms with E-state index in [4.69, 9.17) is 12.9 Å². The van der Waals surface area contributed by atoms with E-state index in [1.54, 1.807) is 0 Å². The van der Waals surface area contributed by atoms with Crippen molar-refractivity contribution in [3.05, 3.63) is 0 Å². The minimum absolute atomic E-state index is 0.0930. The quantitative estimate of drug-likeness (QED) is 0.236. The Morgan fingerprint density at radius 1 is 0.881 bits per heavy atom. The topological polar surface area (TPSA) is 211 Å². The van der Waals surface area contributed by atoms with Crippen molar-refractivity contribution in [3.8, 4) is 0 Å². The van der Waals surface area contributed by atoms with Crippen LogP contribution in [0.5, 0.6) is 0 Å². The Labute approximate surface area is 249 Å².